The summed E-state index contributed by atoms with van der Waals surface area (Å²) in [5.74, 6) is -0.402. The molecule has 0 saturated carbocycles. The lowest BCUT2D eigenvalue weighted by molar-refractivity contribution is -0.143. The zero-order valence-corrected chi connectivity index (χ0v) is 18.4. The molecule has 0 saturated heterocycles. The van der Waals surface area contributed by atoms with Gasteiger partial charge in [0.2, 0.25) is 0 Å². The Kier molecular flexibility index (Phi) is 20.8. The van der Waals surface area contributed by atoms with Gasteiger partial charge < -0.3 is 4.74 Å². The molecule has 160 valence electrons. The number of Topliss-reactive ketones (excluding diaryl/α,β-unsaturated/α-hetero) is 1. The molecule has 0 heterocycles. The van der Waals surface area contributed by atoms with Crippen molar-refractivity contribution in [1.29, 1.82) is 0 Å². The van der Waals surface area contributed by atoms with Crippen molar-refractivity contribution in [3.05, 3.63) is 0 Å². The third-order valence-electron chi connectivity index (χ3n) is 5.38. The second-order valence-corrected chi connectivity index (χ2v) is 8.05. The van der Waals surface area contributed by atoms with E-state index in [1.807, 2.05) is 0 Å². The minimum atomic E-state index is -0.414. The topological polar surface area (TPSA) is 43.4 Å². The molecule has 0 unspecified atom stereocenters. The maximum absolute atomic E-state index is 11.5. The summed E-state index contributed by atoms with van der Waals surface area (Å²) in [7, 11) is 1.33. The summed E-state index contributed by atoms with van der Waals surface area (Å²) in [6.07, 6.45) is 24.7. The van der Waals surface area contributed by atoms with Crippen LogP contribution in [0.4, 0.5) is 0 Å². The fourth-order valence-corrected chi connectivity index (χ4v) is 3.55. The first-order chi connectivity index (χ1) is 13.2. The molecule has 0 fully saturated rings. The first kappa shape index (κ1) is 26.1. The lowest BCUT2D eigenvalue weighted by atomic mass is 10.0. The predicted octanol–water partition coefficient (Wildman–Crippen LogP) is 7.55. The SMILES string of the molecule is CCCCCCCCCCCCCCCCCCCCC(=O)CC(=O)OC. The summed E-state index contributed by atoms with van der Waals surface area (Å²) in [4.78, 5) is 22.5. The van der Waals surface area contributed by atoms with Crippen LogP contribution in [0.25, 0.3) is 0 Å². The van der Waals surface area contributed by atoms with E-state index in [2.05, 4.69) is 11.7 Å². The highest BCUT2D eigenvalue weighted by molar-refractivity contribution is 5.95. The van der Waals surface area contributed by atoms with Gasteiger partial charge in [-0.2, -0.15) is 0 Å². The van der Waals surface area contributed by atoms with Crippen LogP contribution >= 0.6 is 0 Å². The smallest absolute Gasteiger partial charge is 0.313 e. The molecule has 0 amide bonds. The van der Waals surface area contributed by atoms with Crippen LogP contribution in [-0.2, 0) is 14.3 Å². The Morgan fingerprint density at radius 3 is 1.22 bits per heavy atom. The molecule has 0 aliphatic carbocycles. The summed E-state index contributed by atoms with van der Waals surface area (Å²) in [6.45, 7) is 2.28. The normalized spacial score (nSPS) is 10.9. The Morgan fingerprint density at radius 2 is 0.889 bits per heavy atom. The van der Waals surface area contributed by atoms with E-state index in [-0.39, 0.29) is 12.2 Å². The van der Waals surface area contributed by atoms with Crippen LogP contribution in [-0.4, -0.2) is 18.9 Å². The Morgan fingerprint density at radius 1 is 0.556 bits per heavy atom. The average Bonchev–Trinajstić information content (AvgIpc) is 2.66. The standard InChI is InChI=1S/C24H46O3/c1-3-4-5-6-7-8-9-10-11-12-13-14-15-16-17-18-19-20-21-23(25)22-24(26)27-2/h3-22H2,1-2H3. The summed E-state index contributed by atoms with van der Waals surface area (Å²) in [5, 5.41) is 0. The van der Waals surface area contributed by atoms with E-state index in [0.717, 1.165) is 12.8 Å². The molecule has 0 aromatic carbocycles. The van der Waals surface area contributed by atoms with Crippen LogP contribution in [0.15, 0.2) is 0 Å². The van der Waals surface area contributed by atoms with Gasteiger partial charge in [0.05, 0.1) is 7.11 Å². The minimum Gasteiger partial charge on any atom is -0.469 e. The summed E-state index contributed by atoms with van der Waals surface area (Å²) in [5.41, 5.74) is 0. The van der Waals surface area contributed by atoms with Gasteiger partial charge in [0.25, 0.3) is 0 Å². The fourth-order valence-electron chi connectivity index (χ4n) is 3.55. The number of ketones is 1. The quantitative estimate of drug-likeness (QED) is 0.117. The number of ether oxygens (including phenoxy) is 1. The lowest BCUT2D eigenvalue weighted by Crippen LogP contribution is -2.08. The Hall–Kier alpha value is -0.860. The Bertz CT molecular complexity index is 339. The second-order valence-electron chi connectivity index (χ2n) is 8.05. The van der Waals surface area contributed by atoms with Gasteiger partial charge in [0, 0.05) is 6.42 Å². The van der Waals surface area contributed by atoms with Gasteiger partial charge in [0.15, 0.2) is 0 Å². The molecular formula is C24H46O3. The van der Waals surface area contributed by atoms with Gasteiger partial charge >= 0.3 is 5.97 Å². The molecule has 0 aromatic rings. The minimum absolute atomic E-state index is 0.0124. The van der Waals surface area contributed by atoms with Crippen molar-refractivity contribution in [3.8, 4) is 0 Å². The molecule has 0 atom stereocenters. The maximum Gasteiger partial charge on any atom is 0.313 e. The predicted molar refractivity (Wildman–Crippen MR) is 115 cm³/mol. The molecule has 3 heteroatoms. The van der Waals surface area contributed by atoms with Crippen LogP contribution in [0.1, 0.15) is 135 Å². The second kappa shape index (κ2) is 21.4. The van der Waals surface area contributed by atoms with E-state index < -0.39 is 5.97 Å². The summed E-state index contributed by atoms with van der Waals surface area (Å²) >= 11 is 0. The first-order valence-corrected chi connectivity index (χ1v) is 11.8. The number of hydrogen-bond acceptors (Lipinski definition) is 3. The highest BCUT2D eigenvalue weighted by Crippen LogP contribution is 2.14. The molecule has 0 aromatic heterocycles. The van der Waals surface area contributed by atoms with Crippen molar-refractivity contribution < 1.29 is 14.3 Å². The van der Waals surface area contributed by atoms with Crippen LogP contribution in [0, 0.1) is 0 Å². The van der Waals surface area contributed by atoms with Crippen molar-refractivity contribution >= 4 is 11.8 Å². The van der Waals surface area contributed by atoms with E-state index in [4.69, 9.17) is 0 Å². The Labute approximate surface area is 169 Å². The van der Waals surface area contributed by atoms with Crippen molar-refractivity contribution in [2.75, 3.05) is 7.11 Å². The third-order valence-corrected chi connectivity index (χ3v) is 5.38. The molecule has 0 bridgehead atoms. The zero-order chi connectivity index (χ0) is 20.0. The van der Waals surface area contributed by atoms with Crippen molar-refractivity contribution in [1.82, 2.24) is 0 Å². The van der Waals surface area contributed by atoms with Crippen molar-refractivity contribution in [2.45, 2.75) is 135 Å². The molecule has 0 rings (SSSR count). The molecule has 0 aliphatic rings. The van der Waals surface area contributed by atoms with Gasteiger partial charge in [-0.25, -0.2) is 0 Å². The average molecular weight is 383 g/mol. The van der Waals surface area contributed by atoms with Crippen LogP contribution in [0.2, 0.25) is 0 Å². The number of esters is 1. The number of unbranched alkanes of at least 4 members (excludes halogenated alkanes) is 17. The molecule has 0 N–H and O–H groups in total. The van der Waals surface area contributed by atoms with Crippen LogP contribution in [0.5, 0.6) is 0 Å². The largest absolute Gasteiger partial charge is 0.469 e. The third kappa shape index (κ3) is 21.3. The first-order valence-electron chi connectivity index (χ1n) is 11.8. The number of rotatable bonds is 21. The maximum atomic E-state index is 11.5. The molecule has 0 spiro atoms. The van der Waals surface area contributed by atoms with E-state index in [1.54, 1.807) is 0 Å². The highest BCUT2D eigenvalue weighted by atomic mass is 16.5. The van der Waals surface area contributed by atoms with E-state index in [1.165, 1.54) is 110 Å². The van der Waals surface area contributed by atoms with Gasteiger partial charge in [0.1, 0.15) is 12.2 Å². The van der Waals surface area contributed by atoms with Gasteiger partial charge in [-0.05, 0) is 6.42 Å². The van der Waals surface area contributed by atoms with Crippen LogP contribution in [0.3, 0.4) is 0 Å². The van der Waals surface area contributed by atoms with E-state index in [9.17, 15) is 9.59 Å². The summed E-state index contributed by atoms with van der Waals surface area (Å²) in [6, 6.07) is 0. The number of methoxy groups -OCH3 is 1. The molecule has 27 heavy (non-hydrogen) atoms. The van der Waals surface area contributed by atoms with Gasteiger partial charge in [-0.1, -0.05) is 116 Å². The monoisotopic (exact) mass is 382 g/mol. The molecular weight excluding hydrogens is 336 g/mol. The van der Waals surface area contributed by atoms with Gasteiger partial charge in [-0.15, -0.1) is 0 Å². The Balaban J connectivity index is 3.11. The molecule has 3 nitrogen and oxygen atoms in total. The van der Waals surface area contributed by atoms with E-state index in [0.29, 0.717) is 6.42 Å². The fraction of sp³-hybridized carbons (Fsp3) is 0.917. The van der Waals surface area contributed by atoms with Crippen molar-refractivity contribution in [2.24, 2.45) is 0 Å². The number of hydrogen-bond donors (Lipinski definition) is 0. The number of carbonyl (C=O) groups excluding carboxylic acids is 2. The number of carbonyl (C=O) groups is 2. The van der Waals surface area contributed by atoms with Crippen molar-refractivity contribution in [3.63, 3.8) is 0 Å². The zero-order valence-electron chi connectivity index (χ0n) is 18.4. The van der Waals surface area contributed by atoms with E-state index >= 15 is 0 Å². The van der Waals surface area contributed by atoms with Gasteiger partial charge in [-0.3, -0.25) is 9.59 Å². The molecule has 0 aliphatic heterocycles. The van der Waals surface area contributed by atoms with Crippen LogP contribution < -0.4 is 0 Å². The molecule has 0 radical (unpaired) electrons. The lowest BCUT2D eigenvalue weighted by Gasteiger charge is -2.04. The summed E-state index contributed by atoms with van der Waals surface area (Å²) < 4.78 is 4.50. The highest BCUT2D eigenvalue weighted by Gasteiger charge is 2.08.